The molecule has 0 aliphatic heterocycles. The summed E-state index contributed by atoms with van der Waals surface area (Å²) in [5.41, 5.74) is 1.90. The standard InChI is InChI=1S/C17H16N4O4S/c1-11-6-7-15-12(8-11)9-16(21(22)23)19-17(15)18-13-4-3-5-14(10-13)20-26(2,24)25/h3-10,20H,1-2H3,(H,18,19). The third-order valence-electron chi connectivity index (χ3n) is 3.59. The van der Waals surface area contributed by atoms with E-state index in [2.05, 4.69) is 15.0 Å². The molecule has 0 fully saturated rings. The number of nitrogens with zero attached hydrogens (tertiary/aromatic N) is 2. The average molecular weight is 372 g/mol. The van der Waals surface area contributed by atoms with E-state index in [9.17, 15) is 18.5 Å². The highest BCUT2D eigenvalue weighted by atomic mass is 32.2. The number of benzene rings is 2. The van der Waals surface area contributed by atoms with Gasteiger partial charge >= 0.3 is 5.82 Å². The first-order chi connectivity index (χ1) is 12.2. The fraction of sp³-hybridized carbons (Fsp3) is 0.118. The number of aryl methyl sites for hydroxylation is 1. The van der Waals surface area contributed by atoms with Gasteiger partial charge in [-0.2, -0.15) is 0 Å². The highest BCUT2D eigenvalue weighted by Gasteiger charge is 2.16. The van der Waals surface area contributed by atoms with Gasteiger partial charge in [-0.3, -0.25) is 4.72 Å². The minimum Gasteiger partial charge on any atom is -0.358 e. The number of sulfonamides is 1. The number of anilines is 3. The predicted molar refractivity (Wildman–Crippen MR) is 101 cm³/mol. The molecule has 0 saturated heterocycles. The molecule has 0 atom stereocenters. The topological polar surface area (TPSA) is 114 Å². The van der Waals surface area contributed by atoms with Crippen molar-refractivity contribution in [3.8, 4) is 0 Å². The number of pyridine rings is 1. The molecule has 0 amide bonds. The van der Waals surface area contributed by atoms with Crippen LogP contribution in [0.3, 0.4) is 0 Å². The van der Waals surface area contributed by atoms with Gasteiger partial charge in [0, 0.05) is 11.8 Å². The Bertz CT molecular complexity index is 1110. The van der Waals surface area contributed by atoms with Crippen LogP contribution in [-0.2, 0) is 10.0 Å². The van der Waals surface area contributed by atoms with Crippen LogP contribution in [0, 0.1) is 17.0 Å². The molecule has 134 valence electrons. The van der Waals surface area contributed by atoms with E-state index in [1.807, 2.05) is 25.1 Å². The van der Waals surface area contributed by atoms with Crippen molar-refractivity contribution in [3.05, 3.63) is 64.2 Å². The molecule has 1 aromatic heterocycles. The molecule has 0 saturated carbocycles. The monoisotopic (exact) mass is 372 g/mol. The fourth-order valence-electron chi connectivity index (χ4n) is 2.56. The van der Waals surface area contributed by atoms with Gasteiger partial charge in [0.15, 0.2) is 0 Å². The van der Waals surface area contributed by atoms with E-state index in [1.165, 1.54) is 6.07 Å². The number of hydrogen-bond acceptors (Lipinski definition) is 6. The summed E-state index contributed by atoms with van der Waals surface area (Å²) >= 11 is 0. The molecule has 0 aliphatic carbocycles. The molecule has 0 aliphatic rings. The summed E-state index contributed by atoms with van der Waals surface area (Å²) in [6.45, 7) is 1.90. The Hall–Kier alpha value is -3.20. The highest BCUT2D eigenvalue weighted by Crippen LogP contribution is 2.29. The summed E-state index contributed by atoms with van der Waals surface area (Å²) in [5.74, 6) is 0.0571. The summed E-state index contributed by atoms with van der Waals surface area (Å²) in [6, 6.07) is 13.6. The lowest BCUT2D eigenvalue weighted by atomic mass is 10.1. The summed E-state index contributed by atoms with van der Waals surface area (Å²) in [6.07, 6.45) is 1.06. The zero-order chi connectivity index (χ0) is 18.9. The third kappa shape index (κ3) is 4.06. The van der Waals surface area contributed by atoms with E-state index in [4.69, 9.17) is 0 Å². The molecular weight excluding hydrogens is 356 g/mol. The van der Waals surface area contributed by atoms with Crippen LogP contribution < -0.4 is 10.0 Å². The van der Waals surface area contributed by atoms with Crippen LogP contribution in [0.5, 0.6) is 0 Å². The first-order valence-electron chi connectivity index (χ1n) is 7.62. The number of fused-ring (bicyclic) bond motifs is 1. The largest absolute Gasteiger partial charge is 0.366 e. The molecule has 26 heavy (non-hydrogen) atoms. The number of rotatable bonds is 5. The second-order valence-electron chi connectivity index (χ2n) is 5.89. The lowest BCUT2D eigenvalue weighted by molar-refractivity contribution is -0.389. The molecule has 0 unspecified atom stereocenters. The predicted octanol–water partition coefficient (Wildman–Crippen LogP) is 3.57. The minimum absolute atomic E-state index is 0.268. The van der Waals surface area contributed by atoms with E-state index in [0.29, 0.717) is 22.6 Å². The number of nitro groups is 1. The van der Waals surface area contributed by atoms with Gasteiger partial charge in [-0.25, -0.2) is 8.42 Å². The van der Waals surface area contributed by atoms with Crippen LogP contribution in [0.15, 0.2) is 48.5 Å². The van der Waals surface area contributed by atoms with E-state index in [0.717, 1.165) is 17.2 Å². The number of hydrogen-bond donors (Lipinski definition) is 2. The van der Waals surface area contributed by atoms with Gasteiger partial charge in [-0.15, -0.1) is 0 Å². The Morgan fingerprint density at radius 3 is 2.50 bits per heavy atom. The van der Waals surface area contributed by atoms with Gasteiger partial charge in [0.1, 0.15) is 0 Å². The average Bonchev–Trinajstić information content (AvgIpc) is 2.52. The van der Waals surface area contributed by atoms with Crippen LogP contribution in [0.2, 0.25) is 0 Å². The SMILES string of the molecule is Cc1ccc2c(Nc3cccc(NS(C)(=O)=O)c3)nc([N+](=O)[O-])cc2c1. The van der Waals surface area contributed by atoms with E-state index in [1.54, 1.807) is 24.3 Å². The van der Waals surface area contributed by atoms with Gasteiger partial charge in [0.25, 0.3) is 5.82 Å². The van der Waals surface area contributed by atoms with Crippen molar-refractivity contribution in [1.29, 1.82) is 0 Å². The number of nitrogens with one attached hydrogen (secondary N) is 2. The Kier molecular flexibility index (Phi) is 4.47. The molecule has 8 nitrogen and oxygen atoms in total. The van der Waals surface area contributed by atoms with E-state index < -0.39 is 14.9 Å². The zero-order valence-corrected chi connectivity index (χ0v) is 14.9. The molecule has 0 bridgehead atoms. The van der Waals surface area contributed by atoms with Crippen molar-refractivity contribution in [2.24, 2.45) is 0 Å². The number of aromatic nitrogens is 1. The van der Waals surface area contributed by atoms with E-state index >= 15 is 0 Å². The quantitative estimate of drug-likeness (QED) is 0.523. The maximum Gasteiger partial charge on any atom is 0.366 e. The molecule has 0 radical (unpaired) electrons. The summed E-state index contributed by atoms with van der Waals surface area (Å²) in [5, 5.41) is 15.6. The second kappa shape index (κ2) is 6.60. The van der Waals surface area contributed by atoms with Crippen molar-refractivity contribution in [1.82, 2.24) is 4.98 Å². The normalized spacial score (nSPS) is 11.3. The molecule has 3 rings (SSSR count). The van der Waals surface area contributed by atoms with Crippen molar-refractivity contribution >= 4 is 43.8 Å². The Balaban J connectivity index is 2.05. The third-order valence-corrected chi connectivity index (χ3v) is 4.20. The van der Waals surface area contributed by atoms with Crippen molar-refractivity contribution in [3.63, 3.8) is 0 Å². The lowest BCUT2D eigenvalue weighted by Crippen LogP contribution is -2.09. The zero-order valence-electron chi connectivity index (χ0n) is 14.1. The van der Waals surface area contributed by atoms with Crippen LogP contribution in [0.25, 0.3) is 10.8 Å². The van der Waals surface area contributed by atoms with Crippen LogP contribution in [0.4, 0.5) is 23.0 Å². The lowest BCUT2D eigenvalue weighted by Gasteiger charge is -2.09. The maximum absolute atomic E-state index is 11.4. The molecule has 2 aromatic carbocycles. The van der Waals surface area contributed by atoms with Crippen molar-refractivity contribution in [2.45, 2.75) is 6.92 Å². The van der Waals surface area contributed by atoms with Gasteiger partial charge in [-0.05, 0) is 46.5 Å². The van der Waals surface area contributed by atoms with Gasteiger partial charge < -0.3 is 15.4 Å². The molecule has 1 heterocycles. The molecule has 3 aromatic rings. The summed E-state index contributed by atoms with van der Waals surface area (Å²) < 4.78 is 25.1. The second-order valence-corrected chi connectivity index (χ2v) is 7.64. The fourth-order valence-corrected chi connectivity index (χ4v) is 3.12. The summed E-state index contributed by atoms with van der Waals surface area (Å²) in [4.78, 5) is 14.7. The minimum atomic E-state index is -3.41. The van der Waals surface area contributed by atoms with Gasteiger partial charge in [0.2, 0.25) is 10.0 Å². The maximum atomic E-state index is 11.4. The van der Waals surface area contributed by atoms with Crippen molar-refractivity contribution < 1.29 is 13.3 Å². The smallest absolute Gasteiger partial charge is 0.358 e. The van der Waals surface area contributed by atoms with E-state index in [-0.39, 0.29) is 5.82 Å². The first kappa shape index (κ1) is 17.6. The van der Waals surface area contributed by atoms with Crippen LogP contribution in [0.1, 0.15) is 5.56 Å². The van der Waals surface area contributed by atoms with Gasteiger partial charge in [-0.1, -0.05) is 23.8 Å². The highest BCUT2D eigenvalue weighted by molar-refractivity contribution is 7.92. The Morgan fingerprint density at radius 2 is 1.81 bits per heavy atom. The molecule has 2 N–H and O–H groups in total. The van der Waals surface area contributed by atoms with Gasteiger partial charge in [0.05, 0.1) is 17.3 Å². The van der Waals surface area contributed by atoms with Crippen molar-refractivity contribution in [2.75, 3.05) is 16.3 Å². The Morgan fingerprint density at radius 1 is 1.08 bits per heavy atom. The molecular formula is C17H16N4O4S. The van der Waals surface area contributed by atoms with Crippen LogP contribution >= 0.6 is 0 Å². The summed E-state index contributed by atoms with van der Waals surface area (Å²) in [7, 11) is -3.41. The van der Waals surface area contributed by atoms with Crippen LogP contribution in [-0.4, -0.2) is 24.6 Å². The molecule has 9 heteroatoms. The first-order valence-corrected chi connectivity index (χ1v) is 9.51. The molecule has 0 spiro atoms. The Labute approximate surface area is 150 Å².